The standard InChI is InChI=1S/C11H16ClN3O/c1-16-11-7-13-6-10(14-11)15-4-2-3-9(5-12)8-15/h6-7,9H,2-5,8H2,1H3. The summed E-state index contributed by atoms with van der Waals surface area (Å²) in [6.07, 6.45) is 5.76. The van der Waals surface area contributed by atoms with Crippen LogP contribution in [0.15, 0.2) is 12.4 Å². The second kappa shape index (κ2) is 5.34. The number of rotatable bonds is 3. The number of aromatic nitrogens is 2. The summed E-state index contributed by atoms with van der Waals surface area (Å²) in [6, 6.07) is 0. The maximum Gasteiger partial charge on any atom is 0.233 e. The van der Waals surface area contributed by atoms with Crippen molar-refractivity contribution in [2.24, 2.45) is 5.92 Å². The fraction of sp³-hybridized carbons (Fsp3) is 0.636. The van der Waals surface area contributed by atoms with Crippen molar-refractivity contribution in [1.82, 2.24) is 9.97 Å². The topological polar surface area (TPSA) is 38.2 Å². The zero-order valence-electron chi connectivity index (χ0n) is 9.40. The van der Waals surface area contributed by atoms with Crippen molar-refractivity contribution in [3.8, 4) is 5.88 Å². The van der Waals surface area contributed by atoms with Crippen molar-refractivity contribution < 1.29 is 4.74 Å². The molecule has 0 radical (unpaired) electrons. The summed E-state index contributed by atoms with van der Waals surface area (Å²) in [4.78, 5) is 10.7. The van der Waals surface area contributed by atoms with E-state index in [1.54, 1.807) is 19.5 Å². The van der Waals surface area contributed by atoms with Crippen LogP contribution in [0, 0.1) is 5.92 Å². The molecule has 1 aliphatic heterocycles. The van der Waals surface area contributed by atoms with E-state index in [1.165, 1.54) is 6.42 Å². The lowest BCUT2D eigenvalue weighted by Gasteiger charge is -2.32. The van der Waals surface area contributed by atoms with Crippen LogP contribution in [0.1, 0.15) is 12.8 Å². The molecule has 2 heterocycles. The number of anilines is 1. The van der Waals surface area contributed by atoms with Gasteiger partial charge in [-0.2, -0.15) is 4.98 Å². The Balaban J connectivity index is 2.10. The van der Waals surface area contributed by atoms with E-state index >= 15 is 0 Å². The number of ether oxygens (including phenoxy) is 1. The van der Waals surface area contributed by atoms with E-state index in [0.717, 1.165) is 25.3 Å². The minimum Gasteiger partial charge on any atom is -0.480 e. The van der Waals surface area contributed by atoms with Crippen molar-refractivity contribution >= 4 is 17.4 Å². The summed E-state index contributed by atoms with van der Waals surface area (Å²) < 4.78 is 5.07. The summed E-state index contributed by atoms with van der Waals surface area (Å²) in [5.74, 6) is 2.72. The molecule has 0 bridgehead atoms. The quantitative estimate of drug-likeness (QED) is 0.759. The van der Waals surface area contributed by atoms with Crippen LogP contribution in [-0.4, -0.2) is 36.0 Å². The van der Waals surface area contributed by atoms with Crippen molar-refractivity contribution in [2.45, 2.75) is 12.8 Å². The number of piperidine rings is 1. The second-order valence-electron chi connectivity index (χ2n) is 4.03. The van der Waals surface area contributed by atoms with Crippen molar-refractivity contribution in [3.63, 3.8) is 0 Å². The number of nitrogens with zero attached hydrogens (tertiary/aromatic N) is 3. The van der Waals surface area contributed by atoms with Gasteiger partial charge in [0.05, 0.1) is 19.5 Å². The molecule has 88 valence electrons. The van der Waals surface area contributed by atoms with Gasteiger partial charge in [-0.05, 0) is 18.8 Å². The summed E-state index contributed by atoms with van der Waals surface area (Å²) in [6.45, 7) is 1.99. The molecule has 1 aromatic heterocycles. The van der Waals surface area contributed by atoms with Gasteiger partial charge in [-0.25, -0.2) is 0 Å². The number of methoxy groups -OCH3 is 1. The van der Waals surface area contributed by atoms with E-state index in [4.69, 9.17) is 16.3 Å². The van der Waals surface area contributed by atoms with Crippen LogP contribution >= 0.6 is 11.6 Å². The minimum absolute atomic E-state index is 0.559. The fourth-order valence-electron chi connectivity index (χ4n) is 1.99. The maximum atomic E-state index is 5.90. The van der Waals surface area contributed by atoms with Crippen molar-refractivity contribution in [3.05, 3.63) is 12.4 Å². The molecule has 1 unspecified atom stereocenters. The Morgan fingerprint density at radius 1 is 1.56 bits per heavy atom. The molecule has 4 nitrogen and oxygen atoms in total. The van der Waals surface area contributed by atoms with Crippen LogP contribution in [0.2, 0.25) is 0 Å². The zero-order chi connectivity index (χ0) is 11.4. The zero-order valence-corrected chi connectivity index (χ0v) is 10.2. The molecule has 0 spiro atoms. The van der Waals surface area contributed by atoms with E-state index in [2.05, 4.69) is 14.9 Å². The lowest BCUT2D eigenvalue weighted by atomic mass is 10.0. The Kier molecular flexibility index (Phi) is 3.83. The Hall–Kier alpha value is -1.03. The van der Waals surface area contributed by atoms with Gasteiger partial charge in [0.2, 0.25) is 5.88 Å². The largest absolute Gasteiger partial charge is 0.480 e. The second-order valence-corrected chi connectivity index (χ2v) is 4.34. The summed E-state index contributed by atoms with van der Waals surface area (Å²) in [7, 11) is 1.60. The third-order valence-corrected chi connectivity index (χ3v) is 3.31. The Labute approximate surface area is 101 Å². The normalized spacial score (nSPS) is 20.9. The molecule has 0 amide bonds. The highest BCUT2D eigenvalue weighted by Gasteiger charge is 2.20. The molecule has 0 aliphatic carbocycles. The first-order chi connectivity index (χ1) is 7.83. The smallest absolute Gasteiger partial charge is 0.233 e. The van der Waals surface area contributed by atoms with Gasteiger partial charge in [0.25, 0.3) is 0 Å². The predicted molar refractivity (Wildman–Crippen MR) is 64.2 cm³/mol. The first-order valence-electron chi connectivity index (χ1n) is 5.50. The molecule has 2 rings (SSSR count). The molecule has 0 aromatic carbocycles. The maximum absolute atomic E-state index is 5.90. The Bertz CT molecular complexity index is 348. The highest BCUT2D eigenvalue weighted by atomic mass is 35.5. The highest BCUT2D eigenvalue weighted by Crippen LogP contribution is 2.22. The monoisotopic (exact) mass is 241 g/mol. The average molecular weight is 242 g/mol. The van der Waals surface area contributed by atoms with Crippen molar-refractivity contribution in [1.29, 1.82) is 0 Å². The van der Waals surface area contributed by atoms with Gasteiger partial charge >= 0.3 is 0 Å². The van der Waals surface area contributed by atoms with Crippen LogP contribution in [-0.2, 0) is 0 Å². The number of halogens is 1. The number of hydrogen-bond acceptors (Lipinski definition) is 4. The third-order valence-electron chi connectivity index (χ3n) is 2.87. The van der Waals surface area contributed by atoms with E-state index < -0.39 is 0 Å². The average Bonchev–Trinajstić information content (AvgIpc) is 2.39. The van der Waals surface area contributed by atoms with Crippen LogP contribution in [0.25, 0.3) is 0 Å². The number of hydrogen-bond donors (Lipinski definition) is 0. The van der Waals surface area contributed by atoms with Crippen LogP contribution in [0.5, 0.6) is 5.88 Å². The lowest BCUT2D eigenvalue weighted by Crippen LogP contribution is -2.36. The van der Waals surface area contributed by atoms with Gasteiger partial charge in [-0.3, -0.25) is 4.98 Å². The van der Waals surface area contributed by atoms with Crippen LogP contribution in [0.4, 0.5) is 5.82 Å². The molecule has 1 aliphatic rings. The molecule has 1 saturated heterocycles. The predicted octanol–water partition coefficient (Wildman–Crippen LogP) is 1.94. The van der Waals surface area contributed by atoms with Crippen LogP contribution < -0.4 is 9.64 Å². The van der Waals surface area contributed by atoms with E-state index in [-0.39, 0.29) is 0 Å². The first kappa shape index (κ1) is 11.5. The summed E-state index contributed by atoms with van der Waals surface area (Å²) >= 11 is 5.90. The first-order valence-corrected chi connectivity index (χ1v) is 6.04. The minimum atomic E-state index is 0.559. The van der Waals surface area contributed by atoms with Gasteiger partial charge in [0, 0.05) is 19.0 Å². The Morgan fingerprint density at radius 2 is 2.44 bits per heavy atom. The lowest BCUT2D eigenvalue weighted by molar-refractivity contribution is 0.393. The van der Waals surface area contributed by atoms with Gasteiger partial charge in [-0.15, -0.1) is 11.6 Å². The molecule has 1 atom stereocenters. The molecule has 5 heteroatoms. The molecule has 1 fully saturated rings. The molecule has 1 aromatic rings. The van der Waals surface area contributed by atoms with Gasteiger partial charge in [-0.1, -0.05) is 0 Å². The summed E-state index contributed by atoms with van der Waals surface area (Å²) in [5, 5.41) is 0. The Morgan fingerprint density at radius 3 is 3.19 bits per heavy atom. The van der Waals surface area contributed by atoms with E-state index in [9.17, 15) is 0 Å². The van der Waals surface area contributed by atoms with Crippen molar-refractivity contribution in [2.75, 3.05) is 31.0 Å². The summed E-state index contributed by atoms with van der Waals surface area (Å²) in [5.41, 5.74) is 0. The SMILES string of the molecule is COc1cncc(N2CCCC(CCl)C2)n1. The molecular weight excluding hydrogens is 226 g/mol. The molecule has 0 N–H and O–H groups in total. The van der Waals surface area contributed by atoms with Gasteiger partial charge < -0.3 is 9.64 Å². The fourth-order valence-corrected chi connectivity index (χ4v) is 2.24. The van der Waals surface area contributed by atoms with Crippen LogP contribution in [0.3, 0.4) is 0 Å². The molecule has 16 heavy (non-hydrogen) atoms. The van der Waals surface area contributed by atoms with Gasteiger partial charge in [0.15, 0.2) is 5.82 Å². The molecular formula is C11H16ClN3O. The third kappa shape index (κ3) is 2.55. The van der Waals surface area contributed by atoms with E-state index in [1.807, 2.05) is 0 Å². The van der Waals surface area contributed by atoms with Gasteiger partial charge in [0.1, 0.15) is 0 Å². The molecule has 0 saturated carbocycles. The highest BCUT2D eigenvalue weighted by molar-refractivity contribution is 6.18. The number of alkyl halides is 1. The van der Waals surface area contributed by atoms with E-state index in [0.29, 0.717) is 17.7 Å².